The maximum Gasteiger partial charge on any atom is 0.307 e. The maximum atomic E-state index is 11.1. The first-order valence-corrected chi connectivity index (χ1v) is 6.39. The average molecular weight is 206 g/mol. The van der Waals surface area contributed by atoms with Gasteiger partial charge < -0.3 is 5.11 Å². The lowest BCUT2D eigenvalue weighted by Gasteiger charge is -2.55. The first-order chi connectivity index (χ1) is 7.16. The van der Waals surface area contributed by atoms with E-state index in [9.17, 15) is 4.79 Å². The highest BCUT2D eigenvalue weighted by molar-refractivity contribution is 5.75. The van der Waals surface area contributed by atoms with E-state index in [4.69, 9.17) is 5.11 Å². The lowest BCUT2D eigenvalue weighted by molar-refractivity contribution is -0.146. The Kier molecular flexibility index (Phi) is 1.29. The molecule has 0 aromatic rings. The third kappa shape index (κ3) is 0.724. The summed E-state index contributed by atoms with van der Waals surface area (Å²) in [6, 6.07) is 0. The van der Waals surface area contributed by atoms with Gasteiger partial charge in [0, 0.05) is 0 Å². The zero-order valence-corrected chi connectivity index (χ0v) is 9.15. The van der Waals surface area contributed by atoms with Crippen molar-refractivity contribution < 1.29 is 9.90 Å². The lowest BCUT2D eigenvalue weighted by Crippen LogP contribution is -2.52. The summed E-state index contributed by atoms with van der Waals surface area (Å²) in [6.45, 7) is 2.32. The monoisotopic (exact) mass is 206 g/mol. The Hall–Kier alpha value is -0.530. The number of rotatable bonds is 1. The highest BCUT2D eigenvalue weighted by Gasteiger charge is 2.79. The Balaban J connectivity index is 1.67. The van der Waals surface area contributed by atoms with Gasteiger partial charge in [-0.05, 0) is 60.7 Å². The van der Waals surface area contributed by atoms with Crippen molar-refractivity contribution in [3.05, 3.63) is 0 Å². The molecule has 0 amide bonds. The first kappa shape index (κ1) is 8.60. The molecule has 4 rings (SSSR count). The quantitative estimate of drug-likeness (QED) is 0.715. The van der Waals surface area contributed by atoms with Gasteiger partial charge in [-0.1, -0.05) is 6.92 Å². The standard InChI is InChI=1S/C13H18O2/c1-6-10-7-2-3-8(4-7)11(10)13(6)5-9(13)12(14)15/h6-11H,2-5H2,1H3,(H,14,15)/t6-,7-,8+,9-,10-,11+,13+/m1/s1. The molecular weight excluding hydrogens is 188 g/mol. The van der Waals surface area contributed by atoms with Crippen molar-refractivity contribution in [2.75, 3.05) is 0 Å². The van der Waals surface area contributed by atoms with E-state index in [0.717, 1.165) is 30.1 Å². The summed E-state index contributed by atoms with van der Waals surface area (Å²) in [5.74, 6) is 3.80. The molecule has 4 aliphatic carbocycles. The fourth-order valence-electron chi connectivity index (χ4n) is 5.88. The number of carboxylic acid groups (broad SMARTS) is 1. The third-order valence-electron chi connectivity index (χ3n) is 6.37. The van der Waals surface area contributed by atoms with Crippen LogP contribution in [0.2, 0.25) is 0 Å². The molecule has 0 aromatic heterocycles. The minimum atomic E-state index is -0.525. The number of carboxylic acids is 1. The molecule has 0 heterocycles. The summed E-state index contributed by atoms with van der Waals surface area (Å²) >= 11 is 0. The molecule has 7 atom stereocenters. The molecule has 4 saturated carbocycles. The van der Waals surface area contributed by atoms with Crippen LogP contribution in [0.25, 0.3) is 0 Å². The van der Waals surface area contributed by atoms with Crippen molar-refractivity contribution in [3.8, 4) is 0 Å². The topological polar surface area (TPSA) is 37.3 Å². The smallest absolute Gasteiger partial charge is 0.307 e. The zero-order valence-electron chi connectivity index (χ0n) is 9.15. The minimum Gasteiger partial charge on any atom is -0.481 e. The molecule has 1 spiro atoms. The fraction of sp³-hybridized carbons (Fsp3) is 0.923. The molecular formula is C13H18O2. The predicted molar refractivity (Wildman–Crippen MR) is 55.2 cm³/mol. The normalized spacial score (nSPS) is 64.1. The van der Waals surface area contributed by atoms with Crippen molar-refractivity contribution in [2.45, 2.75) is 32.6 Å². The molecule has 2 heteroatoms. The number of aliphatic carboxylic acids is 1. The van der Waals surface area contributed by atoms with Gasteiger partial charge in [0.05, 0.1) is 5.92 Å². The number of hydrogen-bond donors (Lipinski definition) is 1. The van der Waals surface area contributed by atoms with Crippen molar-refractivity contribution in [3.63, 3.8) is 0 Å². The van der Waals surface area contributed by atoms with Gasteiger partial charge in [-0.25, -0.2) is 0 Å². The maximum absolute atomic E-state index is 11.1. The second kappa shape index (κ2) is 2.26. The van der Waals surface area contributed by atoms with Crippen LogP contribution in [0.5, 0.6) is 0 Å². The Morgan fingerprint density at radius 2 is 2.07 bits per heavy atom. The van der Waals surface area contributed by atoms with Crippen molar-refractivity contribution in [1.82, 2.24) is 0 Å². The highest BCUT2D eigenvalue weighted by Crippen LogP contribution is 2.82. The molecule has 1 N–H and O–H groups in total. The summed E-state index contributed by atoms with van der Waals surface area (Å²) < 4.78 is 0. The van der Waals surface area contributed by atoms with Gasteiger partial charge >= 0.3 is 5.97 Å². The summed E-state index contributed by atoms with van der Waals surface area (Å²) in [7, 11) is 0. The van der Waals surface area contributed by atoms with Gasteiger partial charge in [0.25, 0.3) is 0 Å². The van der Waals surface area contributed by atoms with Crippen LogP contribution in [0.1, 0.15) is 32.6 Å². The molecule has 4 aliphatic rings. The minimum absolute atomic E-state index is 0.0214. The van der Waals surface area contributed by atoms with Crippen molar-refractivity contribution in [1.29, 1.82) is 0 Å². The average Bonchev–Trinajstić information content (AvgIpc) is 2.75. The Bertz CT molecular complexity index is 350. The van der Waals surface area contributed by atoms with Crippen LogP contribution >= 0.6 is 0 Å². The van der Waals surface area contributed by atoms with Crippen molar-refractivity contribution >= 4 is 5.97 Å². The van der Waals surface area contributed by atoms with Gasteiger partial charge in [0.15, 0.2) is 0 Å². The number of hydrogen-bond acceptors (Lipinski definition) is 1. The molecule has 2 bridgehead atoms. The highest BCUT2D eigenvalue weighted by atomic mass is 16.4. The summed E-state index contributed by atoms with van der Waals surface area (Å²) in [4.78, 5) is 11.1. The largest absolute Gasteiger partial charge is 0.481 e. The molecule has 82 valence electrons. The molecule has 15 heavy (non-hydrogen) atoms. The molecule has 0 saturated heterocycles. The van der Waals surface area contributed by atoms with Gasteiger partial charge in [-0.2, -0.15) is 0 Å². The Morgan fingerprint density at radius 3 is 2.73 bits per heavy atom. The zero-order chi connectivity index (χ0) is 10.4. The molecule has 0 radical (unpaired) electrons. The van der Waals surface area contributed by atoms with Crippen LogP contribution in [0.3, 0.4) is 0 Å². The van der Waals surface area contributed by atoms with Crippen LogP contribution in [-0.2, 0) is 4.79 Å². The van der Waals surface area contributed by atoms with E-state index in [2.05, 4.69) is 6.92 Å². The van der Waals surface area contributed by atoms with Gasteiger partial charge in [-0.15, -0.1) is 0 Å². The van der Waals surface area contributed by atoms with Crippen LogP contribution < -0.4 is 0 Å². The molecule has 2 nitrogen and oxygen atoms in total. The molecule has 0 aliphatic heterocycles. The third-order valence-corrected chi connectivity index (χ3v) is 6.37. The van der Waals surface area contributed by atoms with E-state index in [1.165, 1.54) is 19.3 Å². The van der Waals surface area contributed by atoms with E-state index in [1.54, 1.807) is 0 Å². The van der Waals surface area contributed by atoms with E-state index >= 15 is 0 Å². The van der Waals surface area contributed by atoms with Gasteiger partial charge in [0.1, 0.15) is 0 Å². The van der Waals surface area contributed by atoms with Crippen LogP contribution in [-0.4, -0.2) is 11.1 Å². The Labute approximate surface area is 90.1 Å². The SMILES string of the molecule is C[C@@H]1[C@@H]2[C@@H]3CC[C@@H](C3)[C@@H]2[C@@]12C[C@@H]2C(=O)O. The van der Waals surface area contributed by atoms with Crippen LogP contribution in [0, 0.1) is 40.9 Å². The second-order valence-corrected chi connectivity index (χ2v) is 6.43. The van der Waals surface area contributed by atoms with Crippen LogP contribution in [0.15, 0.2) is 0 Å². The fourth-order valence-corrected chi connectivity index (χ4v) is 5.88. The number of fused-ring (bicyclic) bond motifs is 6. The van der Waals surface area contributed by atoms with Crippen molar-refractivity contribution in [2.24, 2.45) is 40.9 Å². The number of carbonyl (C=O) groups is 1. The second-order valence-electron chi connectivity index (χ2n) is 6.43. The van der Waals surface area contributed by atoms with E-state index in [1.807, 2.05) is 0 Å². The van der Waals surface area contributed by atoms with Gasteiger partial charge in [-0.3, -0.25) is 4.79 Å². The molecule has 0 aromatic carbocycles. The van der Waals surface area contributed by atoms with E-state index in [0.29, 0.717) is 5.92 Å². The van der Waals surface area contributed by atoms with Crippen LogP contribution in [0.4, 0.5) is 0 Å². The Morgan fingerprint density at radius 1 is 1.33 bits per heavy atom. The summed E-state index contributed by atoms with van der Waals surface area (Å²) in [6.07, 6.45) is 5.25. The van der Waals surface area contributed by atoms with E-state index < -0.39 is 5.97 Å². The molecule has 4 fully saturated rings. The summed E-state index contributed by atoms with van der Waals surface area (Å²) in [5, 5.41) is 9.16. The molecule has 0 unspecified atom stereocenters. The van der Waals surface area contributed by atoms with Gasteiger partial charge in [0.2, 0.25) is 0 Å². The van der Waals surface area contributed by atoms with E-state index in [-0.39, 0.29) is 11.3 Å². The lowest BCUT2D eigenvalue weighted by atomic mass is 9.49. The first-order valence-electron chi connectivity index (χ1n) is 6.39. The predicted octanol–water partition coefficient (Wildman–Crippen LogP) is 2.39. The summed E-state index contributed by atoms with van der Waals surface area (Å²) in [5.41, 5.74) is 0.274.